The molecule has 1 heterocycles. The van der Waals surface area contributed by atoms with E-state index in [1.54, 1.807) is 0 Å². The van der Waals surface area contributed by atoms with Gasteiger partial charge in [-0.3, -0.25) is 0 Å². The van der Waals surface area contributed by atoms with Crippen molar-refractivity contribution in [1.29, 1.82) is 0 Å². The van der Waals surface area contributed by atoms with Crippen molar-refractivity contribution < 1.29 is 0 Å². The summed E-state index contributed by atoms with van der Waals surface area (Å²) in [5.74, 6) is 0. The highest BCUT2D eigenvalue weighted by molar-refractivity contribution is 5.63. The third-order valence-corrected chi connectivity index (χ3v) is 3.79. The van der Waals surface area contributed by atoms with Gasteiger partial charge in [0, 0.05) is 51.1 Å². The molecule has 1 N–H and O–H groups in total. The zero-order valence-corrected chi connectivity index (χ0v) is 12.0. The fourth-order valence-electron chi connectivity index (χ4n) is 2.61. The Labute approximate surface area is 111 Å². The highest BCUT2D eigenvalue weighted by atomic mass is 15.2. The Balaban J connectivity index is 2.20. The maximum absolute atomic E-state index is 3.57. The number of piperazine rings is 1. The molecule has 1 fully saturated rings. The molecule has 1 unspecified atom stereocenters. The second-order valence-corrected chi connectivity index (χ2v) is 5.37. The lowest BCUT2D eigenvalue weighted by molar-refractivity contribution is 0.447. The van der Waals surface area contributed by atoms with Crippen LogP contribution in [0.4, 0.5) is 11.4 Å². The average molecular weight is 247 g/mol. The molecule has 0 aliphatic carbocycles. The summed E-state index contributed by atoms with van der Waals surface area (Å²) in [5.41, 5.74) is 4.01. The van der Waals surface area contributed by atoms with E-state index in [4.69, 9.17) is 0 Å². The van der Waals surface area contributed by atoms with E-state index in [0.29, 0.717) is 6.04 Å². The fourth-order valence-corrected chi connectivity index (χ4v) is 2.61. The van der Waals surface area contributed by atoms with Crippen LogP contribution in [0.3, 0.4) is 0 Å². The predicted octanol–water partition coefficient (Wildman–Crippen LogP) is 2.25. The van der Waals surface area contributed by atoms with Crippen LogP contribution in [0.25, 0.3) is 0 Å². The Hall–Kier alpha value is -1.22. The topological polar surface area (TPSA) is 18.5 Å². The van der Waals surface area contributed by atoms with Gasteiger partial charge in [-0.25, -0.2) is 0 Å². The SMILES string of the molecule is CCC1CN(c2ccc(C)c(N(C)C)c2)CCN1. The number of hydrogen-bond donors (Lipinski definition) is 1. The number of benzene rings is 1. The lowest BCUT2D eigenvalue weighted by atomic mass is 10.1. The van der Waals surface area contributed by atoms with Gasteiger partial charge in [-0.1, -0.05) is 13.0 Å². The molecule has 0 radical (unpaired) electrons. The van der Waals surface area contributed by atoms with E-state index in [-0.39, 0.29) is 0 Å². The van der Waals surface area contributed by atoms with Crippen molar-refractivity contribution in [3.8, 4) is 0 Å². The molecule has 0 aromatic heterocycles. The summed E-state index contributed by atoms with van der Waals surface area (Å²) in [5, 5.41) is 3.57. The third kappa shape index (κ3) is 2.78. The Kier molecular flexibility index (Phi) is 4.12. The maximum atomic E-state index is 3.57. The molecule has 1 aliphatic heterocycles. The van der Waals surface area contributed by atoms with E-state index in [0.717, 1.165) is 19.6 Å². The summed E-state index contributed by atoms with van der Waals surface area (Å²) in [4.78, 5) is 4.69. The summed E-state index contributed by atoms with van der Waals surface area (Å²) in [6.07, 6.45) is 1.20. The summed E-state index contributed by atoms with van der Waals surface area (Å²) in [6.45, 7) is 7.73. The molecule has 100 valence electrons. The van der Waals surface area contributed by atoms with Crippen LogP contribution in [0.1, 0.15) is 18.9 Å². The molecule has 1 saturated heterocycles. The first kappa shape index (κ1) is 13.2. The summed E-state index contributed by atoms with van der Waals surface area (Å²) in [6, 6.07) is 7.42. The van der Waals surface area contributed by atoms with E-state index in [1.165, 1.54) is 23.4 Å². The number of nitrogens with zero attached hydrogens (tertiary/aromatic N) is 2. The van der Waals surface area contributed by atoms with Crippen LogP contribution in [-0.4, -0.2) is 39.8 Å². The zero-order chi connectivity index (χ0) is 13.1. The monoisotopic (exact) mass is 247 g/mol. The highest BCUT2D eigenvalue weighted by Crippen LogP contribution is 2.26. The molecule has 0 amide bonds. The Morgan fingerprint density at radius 3 is 2.83 bits per heavy atom. The molecule has 1 aromatic carbocycles. The number of anilines is 2. The normalized spacial score (nSPS) is 20.0. The van der Waals surface area contributed by atoms with Crippen molar-refractivity contribution in [2.75, 3.05) is 43.5 Å². The molecular formula is C15H25N3. The van der Waals surface area contributed by atoms with Gasteiger partial charge in [-0.2, -0.15) is 0 Å². The van der Waals surface area contributed by atoms with Gasteiger partial charge in [0.2, 0.25) is 0 Å². The van der Waals surface area contributed by atoms with Crippen LogP contribution >= 0.6 is 0 Å². The van der Waals surface area contributed by atoms with Crippen molar-refractivity contribution in [1.82, 2.24) is 5.32 Å². The quantitative estimate of drug-likeness (QED) is 0.884. The van der Waals surface area contributed by atoms with Crippen molar-refractivity contribution >= 4 is 11.4 Å². The zero-order valence-electron chi connectivity index (χ0n) is 12.0. The summed E-state index contributed by atoms with van der Waals surface area (Å²) in [7, 11) is 4.22. The molecule has 1 aromatic rings. The minimum Gasteiger partial charge on any atom is -0.377 e. The van der Waals surface area contributed by atoms with Gasteiger partial charge in [-0.05, 0) is 31.0 Å². The van der Waals surface area contributed by atoms with Crippen molar-refractivity contribution in [3.05, 3.63) is 23.8 Å². The lowest BCUT2D eigenvalue weighted by Crippen LogP contribution is -2.50. The molecule has 2 rings (SSSR count). The first-order valence-electron chi connectivity index (χ1n) is 6.88. The predicted molar refractivity (Wildman–Crippen MR) is 79.8 cm³/mol. The Morgan fingerprint density at radius 2 is 2.17 bits per heavy atom. The van der Waals surface area contributed by atoms with Crippen LogP contribution in [0.2, 0.25) is 0 Å². The van der Waals surface area contributed by atoms with E-state index in [1.807, 2.05) is 0 Å². The largest absolute Gasteiger partial charge is 0.377 e. The van der Waals surface area contributed by atoms with Gasteiger partial charge in [-0.15, -0.1) is 0 Å². The fraction of sp³-hybridized carbons (Fsp3) is 0.600. The number of aryl methyl sites for hydroxylation is 1. The van der Waals surface area contributed by atoms with Gasteiger partial charge in [0.15, 0.2) is 0 Å². The molecule has 3 heteroatoms. The molecule has 0 saturated carbocycles. The van der Waals surface area contributed by atoms with Gasteiger partial charge < -0.3 is 15.1 Å². The number of rotatable bonds is 3. The Bertz CT molecular complexity index is 401. The molecular weight excluding hydrogens is 222 g/mol. The van der Waals surface area contributed by atoms with Gasteiger partial charge >= 0.3 is 0 Å². The molecule has 18 heavy (non-hydrogen) atoms. The van der Waals surface area contributed by atoms with Crippen LogP contribution in [0.15, 0.2) is 18.2 Å². The van der Waals surface area contributed by atoms with Crippen LogP contribution in [0, 0.1) is 6.92 Å². The van der Waals surface area contributed by atoms with Gasteiger partial charge in [0.25, 0.3) is 0 Å². The lowest BCUT2D eigenvalue weighted by Gasteiger charge is -2.35. The van der Waals surface area contributed by atoms with E-state index in [2.05, 4.69) is 61.3 Å². The van der Waals surface area contributed by atoms with Crippen LogP contribution in [-0.2, 0) is 0 Å². The van der Waals surface area contributed by atoms with E-state index < -0.39 is 0 Å². The standard InChI is InChI=1S/C15H25N3/c1-5-13-11-18(9-8-16-13)14-7-6-12(2)15(10-14)17(3)4/h6-7,10,13,16H,5,8-9,11H2,1-4H3. The first-order valence-corrected chi connectivity index (χ1v) is 6.88. The number of hydrogen-bond acceptors (Lipinski definition) is 3. The minimum atomic E-state index is 0.628. The average Bonchev–Trinajstić information content (AvgIpc) is 2.39. The summed E-state index contributed by atoms with van der Waals surface area (Å²) >= 11 is 0. The minimum absolute atomic E-state index is 0.628. The maximum Gasteiger partial charge on any atom is 0.0411 e. The summed E-state index contributed by atoms with van der Waals surface area (Å²) < 4.78 is 0. The molecule has 1 atom stereocenters. The number of nitrogens with one attached hydrogen (secondary N) is 1. The molecule has 1 aliphatic rings. The Morgan fingerprint density at radius 1 is 1.39 bits per heavy atom. The van der Waals surface area contributed by atoms with Gasteiger partial charge in [0.1, 0.15) is 0 Å². The smallest absolute Gasteiger partial charge is 0.0411 e. The van der Waals surface area contributed by atoms with E-state index in [9.17, 15) is 0 Å². The van der Waals surface area contributed by atoms with Crippen LogP contribution < -0.4 is 15.1 Å². The van der Waals surface area contributed by atoms with Crippen molar-refractivity contribution in [2.45, 2.75) is 26.3 Å². The molecule has 0 bridgehead atoms. The molecule has 0 spiro atoms. The van der Waals surface area contributed by atoms with Gasteiger partial charge in [0.05, 0.1) is 0 Å². The second kappa shape index (κ2) is 5.61. The second-order valence-electron chi connectivity index (χ2n) is 5.37. The first-order chi connectivity index (χ1) is 8.61. The van der Waals surface area contributed by atoms with Crippen molar-refractivity contribution in [3.63, 3.8) is 0 Å². The third-order valence-electron chi connectivity index (χ3n) is 3.79. The van der Waals surface area contributed by atoms with Crippen molar-refractivity contribution in [2.24, 2.45) is 0 Å². The highest BCUT2D eigenvalue weighted by Gasteiger charge is 2.18. The van der Waals surface area contributed by atoms with Crippen LogP contribution in [0.5, 0.6) is 0 Å². The molecule has 3 nitrogen and oxygen atoms in total. The van der Waals surface area contributed by atoms with E-state index >= 15 is 0 Å².